The van der Waals surface area contributed by atoms with E-state index in [0.29, 0.717) is 17.9 Å². The second-order valence-electron chi connectivity index (χ2n) is 5.93. The van der Waals surface area contributed by atoms with Crippen LogP contribution in [0.15, 0.2) is 11.4 Å². The van der Waals surface area contributed by atoms with Crippen molar-refractivity contribution in [3.05, 3.63) is 21.9 Å². The van der Waals surface area contributed by atoms with Gasteiger partial charge in [0.1, 0.15) is 0 Å². The Kier molecular flexibility index (Phi) is 3.63. The van der Waals surface area contributed by atoms with Crippen LogP contribution in [0.3, 0.4) is 0 Å². The molecule has 2 fully saturated rings. The van der Waals surface area contributed by atoms with Crippen LogP contribution in [0.2, 0.25) is 0 Å². The number of rotatable bonds is 2. The third-order valence-corrected chi connectivity index (χ3v) is 5.64. The van der Waals surface area contributed by atoms with Crippen LogP contribution in [0.25, 0.3) is 0 Å². The van der Waals surface area contributed by atoms with Gasteiger partial charge in [-0.1, -0.05) is 6.92 Å². The number of amides is 1. The summed E-state index contributed by atoms with van der Waals surface area (Å²) in [5.74, 6) is 1.57. The fraction of sp³-hybridized carbons (Fsp3) is 0.667. The molecule has 1 saturated carbocycles. The van der Waals surface area contributed by atoms with Crippen molar-refractivity contribution in [2.45, 2.75) is 38.6 Å². The summed E-state index contributed by atoms with van der Waals surface area (Å²) in [5.41, 5.74) is 7.25. The first-order chi connectivity index (χ1) is 9.19. The van der Waals surface area contributed by atoms with E-state index >= 15 is 0 Å². The standard InChI is InChI=1S/C15H22N2OS/c1-2-10-5-6-19-14(10)15(18)17-8-11-3-4-13(16)7-12(11)9-17/h5-6,11-13H,2-4,7-9,16H2,1H3/t11-,12+,13?/m1/s1. The maximum absolute atomic E-state index is 12.6. The van der Waals surface area contributed by atoms with Gasteiger partial charge in [0.15, 0.2) is 0 Å². The number of carbonyl (C=O) groups is 1. The molecule has 3 rings (SSSR count). The second kappa shape index (κ2) is 5.25. The molecule has 104 valence electrons. The average molecular weight is 278 g/mol. The zero-order chi connectivity index (χ0) is 13.4. The van der Waals surface area contributed by atoms with Crippen molar-refractivity contribution < 1.29 is 4.79 Å². The molecule has 1 unspecified atom stereocenters. The number of nitrogens with zero attached hydrogens (tertiary/aromatic N) is 1. The number of thiophene rings is 1. The predicted octanol–water partition coefficient (Wildman–Crippen LogP) is 2.51. The summed E-state index contributed by atoms with van der Waals surface area (Å²) in [7, 11) is 0. The van der Waals surface area contributed by atoms with Gasteiger partial charge in [-0.25, -0.2) is 0 Å². The zero-order valence-electron chi connectivity index (χ0n) is 11.5. The quantitative estimate of drug-likeness (QED) is 0.903. The summed E-state index contributed by atoms with van der Waals surface area (Å²) in [6.07, 6.45) is 4.36. The first kappa shape index (κ1) is 13.1. The van der Waals surface area contributed by atoms with Crippen LogP contribution in [0.4, 0.5) is 0 Å². The number of likely N-dealkylation sites (tertiary alicyclic amines) is 1. The Morgan fingerprint density at radius 2 is 2.21 bits per heavy atom. The van der Waals surface area contributed by atoms with Crippen molar-refractivity contribution in [2.24, 2.45) is 17.6 Å². The van der Waals surface area contributed by atoms with Gasteiger partial charge in [0.05, 0.1) is 4.88 Å². The minimum atomic E-state index is 0.245. The van der Waals surface area contributed by atoms with Crippen LogP contribution in [0.5, 0.6) is 0 Å². The maximum Gasteiger partial charge on any atom is 0.264 e. The number of hydrogen-bond acceptors (Lipinski definition) is 3. The van der Waals surface area contributed by atoms with Gasteiger partial charge in [-0.3, -0.25) is 4.79 Å². The van der Waals surface area contributed by atoms with Gasteiger partial charge in [0.25, 0.3) is 5.91 Å². The summed E-state index contributed by atoms with van der Waals surface area (Å²) < 4.78 is 0. The largest absolute Gasteiger partial charge is 0.337 e. The molecule has 2 aliphatic rings. The lowest BCUT2D eigenvalue weighted by Gasteiger charge is -2.27. The van der Waals surface area contributed by atoms with Gasteiger partial charge in [0.2, 0.25) is 0 Å². The van der Waals surface area contributed by atoms with E-state index in [4.69, 9.17) is 5.73 Å². The Morgan fingerprint density at radius 1 is 1.42 bits per heavy atom. The Hall–Kier alpha value is -0.870. The summed E-state index contributed by atoms with van der Waals surface area (Å²) >= 11 is 1.59. The number of nitrogens with two attached hydrogens (primary N) is 1. The van der Waals surface area contributed by atoms with Gasteiger partial charge in [0, 0.05) is 19.1 Å². The van der Waals surface area contributed by atoms with E-state index in [9.17, 15) is 4.79 Å². The first-order valence-electron chi connectivity index (χ1n) is 7.30. The van der Waals surface area contributed by atoms with Gasteiger partial charge in [-0.2, -0.15) is 0 Å². The highest BCUT2D eigenvalue weighted by Gasteiger charge is 2.39. The van der Waals surface area contributed by atoms with Gasteiger partial charge in [-0.15, -0.1) is 11.3 Å². The van der Waals surface area contributed by atoms with E-state index in [1.54, 1.807) is 11.3 Å². The molecule has 0 spiro atoms. The number of hydrogen-bond donors (Lipinski definition) is 1. The Labute approximate surface area is 118 Å². The van der Waals surface area contributed by atoms with Crippen molar-refractivity contribution in [2.75, 3.05) is 13.1 Å². The molecule has 1 aliphatic carbocycles. The van der Waals surface area contributed by atoms with E-state index in [2.05, 4.69) is 17.9 Å². The first-order valence-corrected chi connectivity index (χ1v) is 8.18. The fourth-order valence-corrected chi connectivity index (χ4v) is 4.54. The van der Waals surface area contributed by atoms with Crippen molar-refractivity contribution in [1.29, 1.82) is 0 Å². The van der Waals surface area contributed by atoms with Crippen molar-refractivity contribution >= 4 is 17.2 Å². The van der Waals surface area contributed by atoms with Gasteiger partial charge in [-0.05, 0) is 54.5 Å². The second-order valence-corrected chi connectivity index (χ2v) is 6.85. The molecule has 1 amide bonds. The molecule has 1 aromatic heterocycles. The Bertz CT molecular complexity index is 470. The van der Waals surface area contributed by atoms with E-state index < -0.39 is 0 Å². The molecular formula is C15H22N2OS. The molecule has 4 heteroatoms. The average Bonchev–Trinajstić information content (AvgIpc) is 3.03. The van der Waals surface area contributed by atoms with Crippen molar-refractivity contribution in [3.8, 4) is 0 Å². The fourth-order valence-electron chi connectivity index (χ4n) is 3.58. The minimum Gasteiger partial charge on any atom is -0.337 e. The van der Waals surface area contributed by atoms with Crippen molar-refractivity contribution in [3.63, 3.8) is 0 Å². The molecule has 1 aromatic rings. The molecule has 0 aromatic carbocycles. The third-order valence-electron chi connectivity index (χ3n) is 4.70. The van der Waals surface area contributed by atoms with E-state index in [-0.39, 0.29) is 5.91 Å². The summed E-state index contributed by atoms with van der Waals surface area (Å²) in [6.45, 7) is 3.97. The molecule has 0 bridgehead atoms. The third kappa shape index (κ3) is 2.43. The highest BCUT2D eigenvalue weighted by molar-refractivity contribution is 7.12. The van der Waals surface area contributed by atoms with Crippen LogP contribution in [-0.4, -0.2) is 29.9 Å². The van der Waals surface area contributed by atoms with Crippen LogP contribution in [-0.2, 0) is 6.42 Å². The molecule has 19 heavy (non-hydrogen) atoms. The lowest BCUT2D eigenvalue weighted by molar-refractivity contribution is 0.0788. The predicted molar refractivity (Wildman–Crippen MR) is 78.4 cm³/mol. The monoisotopic (exact) mass is 278 g/mol. The van der Waals surface area contributed by atoms with E-state index in [0.717, 1.165) is 37.2 Å². The SMILES string of the molecule is CCc1ccsc1C(=O)N1C[C@H]2CCC(N)C[C@H]2C1. The molecule has 3 nitrogen and oxygen atoms in total. The van der Waals surface area contributed by atoms with E-state index in [1.807, 2.05) is 5.38 Å². The molecule has 1 saturated heterocycles. The lowest BCUT2D eigenvalue weighted by atomic mass is 9.79. The van der Waals surface area contributed by atoms with Gasteiger partial charge < -0.3 is 10.6 Å². The molecule has 2 heterocycles. The summed E-state index contributed by atoms with van der Waals surface area (Å²) in [4.78, 5) is 15.6. The van der Waals surface area contributed by atoms with Gasteiger partial charge >= 0.3 is 0 Å². The number of fused-ring (bicyclic) bond motifs is 1. The number of carbonyl (C=O) groups excluding carboxylic acids is 1. The molecule has 2 N–H and O–H groups in total. The smallest absolute Gasteiger partial charge is 0.264 e. The number of aryl methyl sites for hydroxylation is 1. The Morgan fingerprint density at radius 3 is 3.00 bits per heavy atom. The highest BCUT2D eigenvalue weighted by atomic mass is 32.1. The topological polar surface area (TPSA) is 46.3 Å². The minimum absolute atomic E-state index is 0.245. The van der Waals surface area contributed by atoms with Crippen molar-refractivity contribution in [1.82, 2.24) is 4.90 Å². The lowest BCUT2D eigenvalue weighted by Crippen LogP contribution is -2.32. The van der Waals surface area contributed by atoms with Crippen LogP contribution in [0, 0.1) is 11.8 Å². The van der Waals surface area contributed by atoms with Crippen LogP contribution >= 0.6 is 11.3 Å². The zero-order valence-corrected chi connectivity index (χ0v) is 12.3. The normalized spacial score (nSPS) is 30.4. The molecule has 0 radical (unpaired) electrons. The van der Waals surface area contributed by atoms with E-state index in [1.165, 1.54) is 12.0 Å². The summed E-state index contributed by atoms with van der Waals surface area (Å²) in [6, 6.07) is 2.43. The maximum atomic E-state index is 12.6. The molecule has 3 atom stereocenters. The summed E-state index contributed by atoms with van der Waals surface area (Å²) in [5, 5.41) is 2.03. The van der Waals surface area contributed by atoms with Crippen LogP contribution < -0.4 is 5.73 Å². The molecular weight excluding hydrogens is 256 g/mol. The molecule has 1 aliphatic heterocycles. The Balaban J connectivity index is 1.72. The van der Waals surface area contributed by atoms with Crippen LogP contribution in [0.1, 0.15) is 41.4 Å². The highest BCUT2D eigenvalue weighted by Crippen LogP contribution is 2.36.